The van der Waals surface area contributed by atoms with E-state index in [0.29, 0.717) is 27.7 Å². The van der Waals surface area contributed by atoms with E-state index in [1.54, 1.807) is 29.1 Å². The van der Waals surface area contributed by atoms with Gasteiger partial charge < -0.3 is 10.6 Å². The highest BCUT2D eigenvalue weighted by atomic mass is 35.5. The number of nitrogens with zero attached hydrogens (tertiary/aromatic N) is 2. The zero-order chi connectivity index (χ0) is 20.3. The molecule has 2 aromatic rings. The van der Waals surface area contributed by atoms with Crippen LogP contribution in [0.2, 0.25) is 10.0 Å². The van der Waals surface area contributed by atoms with Crippen molar-refractivity contribution < 1.29 is 9.59 Å². The Hall–Kier alpha value is -2.05. The second-order valence-corrected chi connectivity index (χ2v) is 8.31. The highest BCUT2D eigenvalue weighted by Gasteiger charge is 2.28. The zero-order valence-corrected chi connectivity index (χ0v) is 17.4. The summed E-state index contributed by atoms with van der Waals surface area (Å²) in [6.07, 6.45) is 6.44. The van der Waals surface area contributed by atoms with E-state index in [-0.39, 0.29) is 29.8 Å². The van der Waals surface area contributed by atoms with Crippen LogP contribution in [-0.2, 0) is 4.79 Å². The standard InChI is InChI=1S/C20H24Cl2N4O2/c1-12(2)24-19(27)13-4-3-5-16(8-13)25-20(28)14-10-23-26(11-14)18-7-6-15(21)9-17(18)22/h6-7,9-13,16H,3-5,8H2,1-2H3,(H,24,27)(H,25,28). The summed E-state index contributed by atoms with van der Waals surface area (Å²) in [5, 5.41) is 11.2. The second-order valence-electron chi connectivity index (χ2n) is 7.47. The van der Waals surface area contributed by atoms with Crippen LogP contribution in [0.3, 0.4) is 0 Å². The predicted octanol–water partition coefficient (Wildman–Crippen LogP) is 3.99. The molecule has 2 unspecified atom stereocenters. The summed E-state index contributed by atoms with van der Waals surface area (Å²) in [4.78, 5) is 24.9. The van der Waals surface area contributed by atoms with Crippen molar-refractivity contribution in [3.05, 3.63) is 46.2 Å². The van der Waals surface area contributed by atoms with E-state index in [2.05, 4.69) is 15.7 Å². The Bertz CT molecular complexity index is 866. The molecule has 1 aliphatic carbocycles. The minimum atomic E-state index is -0.203. The van der Waals surface area contributed by atoms with Crippen LogP contribution in [0.25, 0.3) is 5.69 Å². The van der Waals surface area contributed by atoms with Gasteiger partial charge in [0.05, 0.1) is 22.5 Å². The molecule has 0 radical (unpaired) electrons. The van der Waals surface area contributed by atoms with Gasteiger partial charge in [0.15, 0.2) is 0 Å². The lowest BCUT2D eigenvalue weighted by molar-refractivity contribution is -0.126. The van der Waals surface area contributed by atoms with Crippen molar-refractivity contribution in [2.24, 2.45) is 5.92 Å². The summed E-state index contributed by atoms with van der Waals surface area (Å²) >= 11 is 12.1. The van der Waals surface area contributed by atoms with E-state index in [1.807, 2.05) is 13.8 Å². The fourth-order valence-electron chi connectivity index (χ4n) is 3.47. The number of nitrogens with one attached hydrogen (secondary N) is 2. The summed E-state index contributed by atoms with van der Waals surface area (Å²) in [7, 11) is 0. The van der Waals surface area contributed by atoms with Gasteiger partial charge in [0.25, 0.3) is 5.91 Å². The van der Waals surface area contributed by atoms with Crippen LogP contribution < -0.4 is 10.6 Å². The van der Waals surface area contributed by atoms with Gasteiger partial charge >= 0.3 is 0 Å². The molecule has 2 amide bonds. The van der Waals surface area contributed by atoms with Gasteiger partial charge in [-0.05, 0) is 51.3 Å². The van der Waals surface area contributed by atoms with Crippen molar-refractivity contribution in [1.82, 2.24) is 20.4 Å². The topological polar surface area (TPSA) is 76.0 Å². The Morgan fingerprint density at radius 1 is 1.25 bits per heavy atom. The van der Waals surface area contributed by atoms with Crippen LogP contribution in [0.15, 0.2) is 30.6 Å². The molecule has 28 heavy (non-hydrogen) atoms. The molecule has 150 valence electrons. The van der Waals surface area contributed by atoms with Gasteiger partial charge in [0, 0.05) is 29.2 Å². The number of carbonyl (C=O) groups excluding carboxylic acids is 2. The third kappa shape index (κ3) is 5.06. The van der Waals surface area contributed by atoms with E-state index in [4.69, 9.17) is 23.2 Å². The van der Waals surface area contributed by atoms with Gasteiger partial charge in [-0.2, -0.15) is 5.10 Å². The molecule has 1 aromatic heterocycles. The maximum atomic E-state index is 12.6. The van der Waals surface area contributed by atoms with Crippen LogP contribution in [0.1, 0.15) is 49.9 Å². The molecule has 0 spiro atoms. The summed E-state index contributed by atoms with van der Waals surface area (Å²) in [6.45, 7) is 3.90. The van der Waals surface area contributed by atoms with Crippen molar-refractivity contribution >= 4 is 35.0 Å². The van der Waals surface area contributed by atoms with Gasteiger partial charge in [-0.15, -0.1) is 0 Å². The van der Waals surface area contributed by atoms with Crippen molar-refractivity contribution in [2.75, 3.05) is 0 Å². The molecule has 1 fully saturated rings. The molecule has 0 bridgehead atoms. The second kappa shape index (κ2) is 8.97. The normalized spacial score (nSPS) is 19.5. The zero-order valence-electron chi connectivity index (χ0n) is 15.9. The lowest BCUT2D eigenvalue weighted by Gasteiger charge is -2.29. The summed E-state index contributed by atoms with van der Waals surface area (Å²) < 4.78 is 1.55. The fourth-order valence-corrected chi connectivity index (χ4v) is 3.96. The number of aromatic nitrogens is 2. The van der Waals surface area contributed by atoms with Crippen LogP contribution in [0, 0.1) is 5.92 Å². The number of carbonyl (C=O) groups is 2. The van der Waals surface area contributed by atoms with Crippen LogP contribution >= 0.6 is 23.2 Å². The maximum Gasteiger partial charge on any atom is 0.254 e. The lowest BCUT2D eigenvalue weighted by atomic mass is 9.85. The molecule has 3 rings (SSSR count). The minimum Gasteiger partial charge on any atom is -0.354 e. The number of rotatable bonds is 5. The molecule has 0 aliphatic heterocycles. The van der Waals surface area contributed by atoms with Gasteiger partial charge in [0.1, 0.15) is 0 Å². The first-order valence-electron chi connectivity index (χ1n) is 9.45. The van der Waals surface area contributed by atoms with Gasteiger partial charge in [-0.3, -0.25) is 9.59 Å². The molecular weight excluding hydrogens is 399 g/mol. The highest BCUT2D eigenvalue weighted by Crippen LogP contribution is 2.26. The molecule has 2 atom stereocenters. The van der Waals surface area contributed by atoms with E-state index in [9.17, 15) is 9.59 Å². The van der Waals surface area contributed by atoms with Gasteiger partial charge in [-0.1, -0.05) is 29.6 Å². The van der Waals surface area contributed by atoms with Crippen LogP contribution in [0.5, 0.6) is 0 Å². The minimum absolute atomic E-state index is 0.0216. The van der Waals surface area contributed by atoms with Crippen molar-refractivity contribution in [1.29, 1.82) is 0 Å². The number of hydrogen-bond donors (Lipinski definition) is 2. The largest absolute Gasteiger partial charge is 0.354 e. The number of halogens is 2. The molecule has 1 aliphatic rings. The lowest BCUT2D eigenvalue weighted by Crippen LogP contribution is -2.43. The molecule has 1 heterocycles. The quantitative estimate of drug-likeness (QED) is 0.764. The molecule has 6 nitrogen and oxygen atoms in total. The Labute approximate surface area is 174 Å². The summed E-state index contributed by atoms with van der Waals surface area (Å²) in [5.41, 5.74) is 1.09. The van der Waals surface area contributed by atoms with E-state index >= 15 is 0 Å². The van der Waals surface area contributed by atoms with Crippen LogP contribution in [0.4, 0.5) is 0 Å². The first kappa shape index (κ1) is 20.7. The first-order chi connectivity index (χ1) is 13.3. The third-order valence-electron chi connectivity index (χ3n) is 4.81. The Kier molecular flexibility index (Phi) is 6.62. The molecule has 1 saturated carbocycles. The summed E-state index contributed by atoms with van der Waals surface area (Å²) in [5.74, 6) is -0.192. The molecule has 1 aromatic carbocycles. The Balaban J connectivity index is 1.63. The molecule has 8 heteroatoms. The Morgan fingerprint density at radius 3 is 2.75 bits per heavy atom. The number of benzene rings is 1. The molecule has 2 N–H and O–H groups in total. The fraction of sp³-hybridized carbons (Fsp3) is 0.450. The van der Waals surface area contributed by atoms with E-state index < -0.39 is 0 Å². The van der Waals surface area contributed by atoms with Crippen molar-refractivity contribution in [3.8, 4) is 5.69 Å². The average Bonchev–Trinajstić information content (AvgIpc) is 3.11. The monoisotopic (exact) mass is 422 g/mol. The van der Waals surface area contributed by atoms with Gasteiger partial charge in [0.2, 0.25) is 5.91 Å². The summed E-state index contributed by atoms with van der Waals surface area (Å²) in [6, 6.07) is 5.19. The maximum absolute atomic E-state index is 12.6. The van der Waals surface area contributed by atoms with Crippen molar-refractivity contribution in [3.63, 3.8) is 0 Å². The SMILES string of the molecule is CC(C)NC(=O)C1CCCC(NC(=O)c2cnn(-c3ccc(Cl)cc3Cl)c2)C1. The van der Waals surface area contributed by atoms with E-state index in [0.717, 1.165) is 19.3 Å². The average molecular weight is 423 g/mol. The first-order valence-corrected chi connectivity index (χ1v) is 10.2. The predicted molar refractivity (Wildman–Crippen MR) is 110 cm³/mol. The molecule has 0 saturated heterocycles. The number of amides is 2. The smallest absolute Gasteiger partial charge is 0.254 e. The van der Waals surface area contributed by atoms with Crippen LogP contribution in [-0.4, -0.2) is 33.7 Å². The highest BCUT2D eigenvalue weighted by molar-refractivity contribution is 6.35. The van der Waals surface area contributed by atoms with Gasteiger partial charge in [-0.25, -0.2) is 4.68 Å². The van der Waals surface area contributed by atoms with E-state index in [1.165, 1.54) is 6.20 Å². The Morgan fingerprint density at radius 2 is 2.04 bits per heavy atom. The van der Waals surface area contributed by atoms with Crippen molar-refractivity contribution in [2.45, 2.75) is 51.6 Å². The third-order valence-corrected chi connectivity index (χ3v) is 5.35. The molecular formula is C20H24Cl2N4O2. The number of hydrogen-bond acceptors (Lipinski definition) is 3.